The number of rotatable bonds is 4. The van der Waals surface area contributed by atoms with Gasteiger partial charge in [-0.3, -0.25) is 9.59 Å². The van der Waals surface area contributed by atoms with E-state index in [0.29, 0.717) is 13.0 Å². The first-order valence-electron chi connectivity index (χ1n) is 7.92. The van der Waals surface area contributed by atoms with Crippen molar-refractivity contribution in [1.29, 1.82) is 0 Å². The molecule has 0 radical (unpaired) electrons. The van der Waals surface area contributed by atoms with E-state index in [1.54, 1.807) is 13.8 Å². The second-order valence-electron chi connectivity index (χ2n) is 7.03. The number of esters is 1. The Bertz CT molecular complexity index is 453. The molecule has 1 rings (SSSR count). The quantitative estimate of drug-likeness (QED) is 0.345. The summed E-state index contributed by atoms with van der Waals surface area (Å²) >= 11 is 0. The van der Waals surface area contributed by atoms with Crippen LogP contribution in [0.15, 0.2) is 0 Å². The number of ketones is 1. The van der Waals surface area contributed by atoms with E-state index in [1.165, 1.54) is 0 Å². The van der Waals surface area contributed by atoms with Crippen molar-refractivity contribution < 1.29 is 14.3 Å². The molecule has 0 aromatic carbocycles. The number of hydrogen-bond acceptors (Lipinski definition) is 3. The average molecular weight is 308 g/mol. The molecule has 3 nitrogen and oxygen atoms in total. The SMILES string of the molecule is CCOC(=O)[C@@]1(C)C(=O)CCC[C@H]1CCC#C[Si](C)(C)C. The predicted molar refractivity (Wildman–Crippen MR) is 87.4 cm³/mol. The first-order valence-corrected chi connectivity index (χ1v) is 11.4. The lowest BCUT2D eigenvalue weighted by Crippen LogP contribution is -2.46. The molecule has 0 heterocycles. The van der Waals surface area contributed by atoms with Crippen LogP contribution in [0.25, 0.3) is 0 Å². The molecule has 0 spiro atoms. The minimum absolute atomic E-state index is 0.0374. The van der Waals surface area contributed by atoms with Crippen molar-refractivity contribution in [3.8, 4) is 11.5 Å². The van der Waals surface area contributed by atoms with Crippen molar-refractivity contribution in [2.24, 2.45) is 11.3 Å². The molecule has 2 atom stereocenters. The van der Waals surface area contributed by atoms with E-state index in [9.17, 15) is 9.59 Å². The molecule has 0 amide bonds. The highest BCUT2D eigenvalue weighted by molar-refractivity contribution is 6.83. The monoisotopic (exact) mass is 308 g/mol. The van der Waals surface area contributed by atoms with Crippen molar-refractivity contribution in [3.05, 3.63) is 0 Å². The van der Waals surface area contributed by atoms with Crippen LogP contribution in [0, 0.1) is 22.8 Å². The summed E-state index contributed by atoms with van der Waals surface area (Å²) in [5, 5.41) is 0. The molecule has 0 aromatic rings. The van der Waals surface area contributed by atoms with E-state index in [-0.39, 0.29) is 17.7 Å². The fourth-order valence-corrected chi connectivity index (χ4v) is 3.51. The van der Waals surface area contributed by atoms with Crippen LogP contribution in [-0.4, -0.2) is 26.4 Å². The Morgan fingerprint density at radius 1 is 1.43 bits per heavy atom. The van der Waals surface area contributed by atoms with Gasteiger partial charge in [0.15, 0.2) is 0 Å². The summed E-state index contributed by atoms with van der Waals surface area (Å²) in [5.41, 5.74) is 2.38. The van der Waals surface area contributed by atoms with Crippen LogP contribution in [0.3, 0.4) is 0 Å². The molecule has 0 aromatic heterocycles. The number of carbonyl (C=O) groups is 2. The Labute approximate surface area is 129 Å². The van der Waals surface area contributed by atoms with Gasteiger partial charge in [-0.1, -0.05) is 19.6 Å². The maximum absolute atomic E-state index is 12.3. The van der Waals surface area contributed by atoms with Gasteiger partial charge in [0.1, 0.15) is 19.3 Å². The fourth-order valence-electron chi connectivity index (χ4n) is 2.85. The molecule has 1 aliphatic rings. The summed E-state index contributed by atoms with van der Waals surface area (Å²) < 4.78 is 5.16. The lowest BCUT2D eigenvalue weighted by Gasteiger charge is -2.37. The smallest absolute Gasteiger partial charge is 0.319 e. The van der Waals surface area contributed by atoms with Crippen LogP contribution >= 0.6 is 0 Å². The third kappa shape index (κ3) is 4.71. The van der Waals surface area contributed by atoms with E-state index in [1.807, 2.05) is 0 Å². The first-order chi connectivity index (χ1) is 9.71. The molecule has 1 saturated carbocycles. The lowest BCUT2D eigenvalue weighted by atomic mass is 9.65. The van der Waals surface area contributed by atoms with Gasteiger partial charge in [0, 0.05) is 12.8 Å². The van der Waals surface area contributed by atoms with Crippen LogP contribution in [0.4, 0.5) is 0 Å². The van der Waals surface area contributed by atoms with Crippen molar-refractivity contribution in [3.63, 3.8) is 0 Å². The largest absolute Gasteiger partial charge is 0.465 e. The lowest BCUT2D eigenvalue weighted by molar-refractivity contribution is -0.165. The molecule has 0 unspecified atom stereocenters. The molecule has 0 bridgehead atoms. The van der Waals surface area contributed by atoms with Gasteiger partial charge in [-0.2, -0.15) is 0 Å². The highest BCUT2D eigenvalue weighted by Crippen LogP contribution is 2.42. The van der Waals surface area contributed by atoms with E-state index in [4.69, 9.17) is 4.74 Å². The molecule has 0 aliphatic heterocycles. The van der Waals surface area contributed by atoms with Crippen LogP contribution < -0.4 is 0 Å². The van der Waals surface area contributed by atoms with Gasteiger partial charge in [-0.05, 0) is 39.0 Å². The minimum Gasteiger partial charge on any atom is -0.465 e. The zero-order chi connectivity index (χ0) is 16.1. The predicted octanol–water partition coefficient (Wildman–Crippen LogP) is 3.59. The third-order valence-corrected chi connectivity index (χ3v) is 5.06. The van der Waals surface area contributed by atoms with E-state index >= 15 is 0 Å². The topological polar surface area (TPSA) is 43.4 Å². The van der Waals surface area contributed by atoms with E-state index in [2.05, 4.69) is 31.1 Å². The van der Waals surface area contributed by atoms with Crippen molar-refractivity contribution in [2.45, 2.75) is 65.6 Å². The summed E-state index contributed by atoms with van der Waals surface area (Å²) in [7, 11) is -1.35. The van der Waals surface area contributed by atoms with Gasteiger partial charge in [0.05, 0.1) is 6.61 Å². The average Bonchev–Trinajstić information content (AvgIpc) is 2.38. The van der Waals surface area contributed by atoms with Gasteiger partial charge < -0.3 is 4.74 Å². The van der Waals surface area contributed by atoms with Crippen molar-refractivity contribution in [1.82, 2.24) is 0 Å². The maximum Gasteiger partial charge on any atom is 0.319 e. The Morgan fingerprint density at radius 3 is 2.67 bits per heavy atom. The first kappa shape index (κ1) is 18.0. The maximum atomic E-state index is 12.3. The molecule has 21 heavy (non-hydrogen) atoms. The highest BCUT2D eigenvalue weighted by atomic mass is 28.3. The Morgan fingerprint density at radius 2 is 2.10 bits per heavy atom. The Hall–Kier alpha value is -1.08. The summed E-state index contributed by atoms with van der Waals surface area (Å²) in [5.74, 6) is 3.00. The minimum atomic E-state index is -1.35. The van der Waals surface area contributed by atoms with Gasteiger partial charge >= 0.3 is 5.97 Å². The number of carbonyl (C=O) groups excluding carboxylic acids is 2. The van der Waals surface area contributed by atoms with Crippen LogP contribution in [-0.2, 0) is 14.3 Å². The summed E-state index contributed by atoms with van der Waals surface area (Å²) in [6.45, 7) is 10.5. The van der Waals surface area contributed by atoms with Crippen molar-refractivity contribution >= 4 is 19.8 Å². The van der Waals surface area contributed by atoms with Crippen LogP contribution in [0.1, 0.15) is 46.0 Å². The van der Waals surface area contributed by atoms with E-state index < -0.39 is 13.5 Å². The van der Waals surface area contributed by atoms with Crippen molar-refractivity contribution in [2.75, 3.05) is 6.61 Å². The van der Waals surface area contributed by atoms with Crippen LogP contribution in [0.2, 0.25) is 19.6 Å². The zero-order valence-corrected chi connectivity index (χ0v) is 15.0. The van der Waals surface area contributed by atoms with Gasteiger partial charge in [0.2, 0.25) is 0 Å². The summed E-state index contributed by atoms with van der Waals surface area (Å²) in [6.07, 6.45) is 3.85. The van der Waals surface area contributed by atoms with Gasteiger partial charge in [-0.25, -0.2) is 0 Å². The standard InChI is InChI=1S/C17H28O3Si/c1-6-20-16(19)17(2)14(11-9-12-15(17)18)10-7-8-13-21(3,4)5/h14H,6-7,9-12H2,1-5H3/t14-,17-/m1/s1. The molecule has 1 aliphatic carbocycles. The normalized spacial score (nSPS) is 26.0. The second kappa shape index (κ2) is 7.26. The number of Topliss-reactive ketones (excluding diaryl/α,β-unsaturated/α-hetero) is 1. The molecular weight excluding hydrogens is 280 g/mol. The molecule has 0 saturated heterocycles. The van der Waals surface area contributed by atoms with E-state index in [0.717, 1.165) is 25.7 Å². The second-order valence-corrected chi connectivity index (χ2v) is 11.8. The summed E-state index contributed by atoms with van der Waals surface area (Å²) in [4.78, 5) is 24.6. The highest BCUT2D eigenvalue weighted by Gasteiger charge is 2.49. The number of ether oxygens (including phenoxy) is 1. The molecule has 0 N–H and O–H groups in total. The molecule has 1 fully saturated rings. The van der Waals surface area contributed by atoms with Gasteiger partial charge in [-0.15, -0.1) is 11.5 Å². The van der Waals surface area contributed by atoms with Gasteiger partial charge in [0.25, 0.3) is 0 Å². The molecule has 4 heteroatoms. The Balaban J connectivity index is 2.79. The molecule has 118 valence electrons. The zero-order valence-electron chi connectivity index (χ0n) is 14.0. The summed E-state index contributed by atoms with van der Waals surface area (Å²) in [6, 6.07) is 0. The Kier molecular flexibility index (Phi) is 6.21. The third-order valence-electron chi connectivity index (χ3n) is 4.13. The number of hydrogen-bond donors (Lipinski definition) is 0. The molecular formula is C17H28O3Si. The van der Waals surface area contributed by atoms with Crippen LogP contribution in [0.5, 0.6) is 0 Å². The fraction of sp³-hybridized carbons (Fsp3) is 0.765.